The number of aryl methyl sites for hydroxylation is 1. The molecule has 2 aliphatic rings. The van der Waals surface area contributed by atoms with E-state index >= 15 is 0 Å². The predicted octanol–water partition coefficient (Wildman–Crippen LogP) is 1.69. The number of aromatic nitrogens is 2. The van der Waals surface area contributed by atoms with Crippen LogP contribution in [0.1, 0.15) is 31.2 Å². The maximum atomic E-state index is 5.84. The van der Waals surface area contributed by atoms with Crippen LogP contribution >= 0.6 is 0 Å². The summed E-state index contributed by atoms with van der Waals surface area (Å²) < 4.78 is 13.1. The molecule has 2 aliphatic heterocycles. The van der Waals surface area contributed by atoms with Gasteiger partial charge in [-0.3, -0.25) is 9.67 Å². The Morgan fingerprint density at radius 1 is 1.33 bits per heavy atom. The van der Waals surface area contributed by atoms with E-state index in [-0.39, 0.29) is 0 Å². The fourth-order valence-electron chi connectivity index (χ4n) is 3.97. The lowest BCUT2D eigenvalue weighted by Gasteiger charge is -2.22. The molecule has 1 aromatic rings. The molecule has 0 bridgehead atoms. The second-order valence-electron chi connectivity index (χ2n) is 7.79. The van der Waals surface area contributed by atoms with Crippen molar-refractivity contribution in [1.82, 2.24) is 20.0 Å². The third-order valence-electron chi connectivity index (χ3n) is 5.52. The first-order chi connectivity index (χ1) is 13.2. The van der Waals surface area contributed by atoms with Gasteiger partial charge in [0.2, 0.25) is 0 Å². The van der Waals surface area contributed by atoms with E-state index < -0.39 is 0 Å². The molecule has 0 spiro atoms. The van der Waals surface area contributed by atoms with E-state index in [1.54, 1.807) is 0 Å². The zero-order valence-corrected chi connectivity index (χ0v) is 16.9. The third kappa shape index (κ3) is 6.50. The summed E-state index contributed by atoms with van der Waals surface area (Å²) in [6.45, 7) is 6.52. The monoisotopic (exact) mass is 377 g/mol. The van der Waals surface area contributed by atoms with Crippen molar-refractivity contribution in [2.45, 2.75) is 32.1 Å². The molecular formula is C20H35N5O2. The lowest BCUT2D eigenvalue weighted by atomic mass is 10.0. The van der Waals surface area contributed by atoms with Crippen molar-refractivity contribution in [3.63, 3.8) is 0 Å². The molecular weight excluding hydrogens is 342 g/mol. The Hall–Kier alpha value is -1.60. The summed E-state index contributed by atoms with van der Waals surface area (Å²) in [6, 6.07) is 0. The van der Waals surface area contributed by atoms with Gasteiger partial charge in [0.25, 0.3) is 0 Å². The smallest absolute Gasteiger partial charge is 0.193 e. The quantitative estimate of drug-likeness (QED) is 0.424. The van der Waals surface area contributed by atoms with Crippen LogP contribution in [0.3, 0.4) is 0 Å². The van der Waals surface area contributed by atoms with E-state index in [0.29, 0.717) is 11.8 Å². The van der Waals surface area contributed by atoms with Gasteiger partial charge >= 0.3 is 0 Å². The van der Waals surface area contributed by atoms with Crippen LogP contribution in [0.4, 0.5) is 0 Å². The van der Waals surface area contributed by atoms with Crippen LogP contribution < -0.4 is 5.32 Å². The van der Waals surface area contributed by atoms with Gasteiger partial charge in [-0.05, 0) is 49.5 Å². The van der Waals surface area contributed by atoms with E-state index in [9.17, 15) is 0 Å². The molecule has 7 heteroatoms. The average molecular weight is 378 g/mol. The van der Waals surface area contributed by atoms with Crippen LogP contribution in [-0.2, 0) is 22.9 Å². The molecule has 1 aromatic heterocycles. The number of nitrogens with zero attached hydrogens (tertiary/aromatic N) is 4. The Morgan fingerprint density at radius 3 is 2.93 bits per heavy atom. The molecule has 0 saturated carbocycles. The maximum Gasteiger partial charge on any atom is 0.193 e. The summed E-state index contributed by atoms with van der Waals surface area (Å²) in [4.78, 5) is 6.85. The van der Waals surface area contributed by atoms with E-state index in [0.717, 1.165) is 77.7 Å². The van der Waals surface area contributed by atoms with Crippen molar-refractivity contribution >= 4 is 5.96 Å². The molecule has 1 N–H and O–H groups in total. The molecule has 27 heavy (non-hydrogen) atoms. The molecule has 0 aromatic carbocycles. The molecule has 1 atom stereocenters. The van der Waals surface area contributed by atoms with Crippen molar-refractivity contribution < 1.29 is 9.47 Å². The summed E-state index contributed by atoms with van der Waals surface area (Å²) in [5.41, 5.74) is 1.33. The highest BCUT2D eigenvalue weighted by atomic mass is 16.5. The second kappa shape index (κ2) is 10.7. The third-order valence-corrected chi connectivity index (χ3v) is 5.52. The van der Waals surface area contributed by atoms with E-state index in [4.69, 9.17) is 9.47 Å². The van der Waals surface area contributed by atoms with Gasteiger partial charge in [-0.2, -0.15) is 5.10 Å². The van der Waals surface area contributed by atoms with Gasteiger partial charge < -0.3 is 19.7 Å². The average Bonchev–Trinajstić information content (AvgIpc) is 3.31. The lowest BCUT2D eigenvalue weighted by Crippen LogP contribution is -2.40. The van der Waals surface area contributed by atoms with Crippen LogP contribution in [0, 0.1) is 11.8 Å². The number of aliphatic imine (C=N–C) groups is 1. The van der Waals surface area contributed by atoms with Crippen LogP contribution in [0.5, 0.6) is 0 Å². The summed E-state index contributed by atoms with van der Waals surface area (Å²) in [7, 11) is 3.85. The maximum absolute atomic E-state index is 5.84. The molecule has 3 heterocycles. The molecule has 0 radical (unpaired) electrons. The fourth-order valence-corrected chi connectivity index (χ4v) is 3.97. The number of guanidine groups is 1. The van der Waals surface area contributed by atoms with E-state index in [2.05, 4.69) is 26.5 Å². The van der Waals surface area contributed by atoms with Crippen LogP contribution in [0.25, 0.3) is 0 Å². The van der Waals surface area contributed by atoms with Gasteiger partial charge in [0, 0.05) is 66.4 Å². The zero-order valence-electron chi connectivity index (χ0n) is 16.9. The number of hydrogen-bond donors (Lipinski definition) is 1. The van der Waals surface area contributed by atoms with Crippen molar-refractivity contribution in [3.05, 3.63) is 18.0 Å². The molecule has 1 unspecified atom stereocenters. The molecule has 2 saturated heterocycles. The highest BCUT2D eigenvalue weighted by molar-refractivity contribution is 5.80. The zero-order chi connectivity index (χ0) is 18.9. The summed E-state index contributed by atoms with van der Waals surface area (Å²) in [5.74, 6) is 2.38. The second-order valence-corrected chi connectivity index (χ2v) is 7.79. The Balaban J connectivity index is 1.28. The SMILES string of the molecule is CN=C(NCCCOCC1CCOCC1)N1CCC(Cc2cnn(C)c2)C1. The van der Waals surface area contributed by atoms with Gasteiger partial charge in [-0.25, -0.2) is 0 Å². The standard InChI is InChI=1S/C20H35N5O2/c1-21-20(22-7-3-9-27-16-17-5-10-26-11-6-17)25-8-4-18(15-25)12-19-13-23-24(2)14-19/h13-14,17-18H,3-12,15-16H2,1-2H3,(H,21,22). The highest BCUT2D eigenvalue weighted by Gasteiger charge is 2.25. The van der Waals surface area contributed by atoms with Gasteiger partial charge in [0.15, 0.2) is 5.96 Å². The van der Waals surface area contributed by atoms with Crippen LogP contribution in [0.15, 0.2) is 17.4 Å². The Labute approximate surface area is 163 Å². The van der Waals surface area contributed by atoms with E-state index in [1.807, 2.05) is 25.0 Å². The van der Waals surface area contributed by atoms with E-state index in [1.165, 1.54) is 12.0 Å². The van der Waals surface area contributed by atoms with Gasteiger partial charge in [0.05, 0.1) is 6.20 Å². The molecule has 152 valence electrons. The number of rotatable bonds is 8. The molecule has 7 nitrogen and oxygen atoms in total. The minimum Gasteiger partial charge on any atom is -0.381 e. The number of hydrogen-bond acceptors (Lipinski definition) is 4. The van der Waals surface area contributed by atoms with Gasteiger partial charge in [-0.1, -0.05) is 0 Å². The topological polar surface area (TPSA) is 63.9 Å². The van der Waals surface area contributed by atoms with Crippen LogP contribution in [0.2, 0.25) is 0 Å². The van der Waals surface area contributed by atoms with Crippen LogP contribution in [-0.4, -0.2) is 73.7 Å². The minimum absolute atomic E-state index is 0.676. The molecule has 0 amide bonds. The first kappa shape index (κ1) is 20.1. The first-order valence-electron chi connectivity index (χ1n) is 10.3. The molecule has 2 fully saturated rings. The van der Waals surface area contributed by atoms with Crippen molar-refractivity contribution in [2.75, 3.05) is 53.1 Å². The first-order valence-corrected chi connectivity index (χ1v) is 10.3. The molecule has 3 rings (SSSR count). The number of ether oxygens (including phenoxy) is 2. The molecule has 0 aliphatic carbocycles. The van der Waals surface area contributed by atoms with Crippen molar-refractivity contribution in [1.29, 1.82) is 0 Å². The van der Waals surface area contributed by atoms with Gasteiger partial charge in [0.1, 0.15) is 0 Å². The van der Waals surface area contributed by atoms with Gasteiger partial charge in [-0.15, -0.1) is 0 Å². The summed E-state index contributed by atoms with van der Waals surface area (Å²) >= 11 is 0. The summed E-state index contributed by atoms with van der Waals surface area (Å²) in [5, 5.41) is 7.77. The normalized spacial score (nSPS) is 21.8. The Bertz CT molecular complexity index is 583. The fraction of sp³-hybridized carbons (Fsp3) is 0.800. The largest absolute Gasteiger partial charge is 0.381 e. The Morgan fingerprint density at radius 2 is 2.19 bits per heavy atom. The number of nitrogens with one attached hydrogen (secondary N) is 1. The van der Waals surface area contributed by atoms with Crippen molar-refractivity contribution in [2.24, 2.45) is 23.9 Å². The lowest BCUT2D eigenvalue weighted by molar-refractivity contribution is 0.0203. The highest BCUT2D eigenvalue weighted by Crippen LogP contribution is 2.20. The van der Waals surface area contributed by atoms with Crippen molar-refractivity contribution in [3.8, 4) is 0 Å². The number of likely N-dealkylation sites (tertiary alicyclic amines) is 1. The predicted molar refractivity (Wildman–Crippen MR) is 107 cm³/mol. The Kier molecular flexibility index (Phi) is 7.95. The minimum atomic E-state index is 0.676. The summed E-state index contributed by atoms with van der Waals surface area (Å²) in [6.07, 6.45) is 9.70.